The van der Waals surface area contributed by atoms with Gasteiger partial charge < -0.3 is 16.0 Å². The first-order chi connectivity index (χ1) is 18.6. The van der Waals surface area contributed by atoms with Crippen LogP contribution in [-0.2, 0) is 22.4 Å². The van der Waals surface area contributed by atoms with Crippen LogP contribution in [0.5, 0.6) is 0 Å². The van der Waals surface area contributed by atoms with E-state index in [0.29, 0.717) is 54.8 Å². The fourth-order valence-corrected chi connectivity index (χ4v) is 6.19. The molecule has 1 aromatic carbocycles. The summed E-state index contributed by atoms with van der Waals surface area (Å²) in [4.78, 5) is 46.8. The maximum absolute atomic E-state index is 14.1. The Morgan fingerprint density at radius 2 is 1.85 bits per heavy atom. The van der Waals surface area contributed by atoms with Gasteiger partial charge >= 0.3 is 12.2 Å². The zero-order valence-electron chi connectivity index (χ0n) is 21.5. The molecule has 1 saturated carbocycles. The summed E-state index contributed by atoms with van der Waals surface area (Å²) in [6.07, 6.45) is 1.24. The number of halogens is 3. The molecule has 3 heterocycles. The number of aromatic nitrogens is 1. The van der Waals surface area contributed by atoms with Gasteiger partial charge in [0.15, 0.2) is 0 Å². The summed E-state index contributed by atoms with van der Waals surface area (Å²) in [6, 6.07) is 6.14. The average Bonchev–Trinajstić information content (AvgIpc) is 2.92. The highest BCUT2D eigenvalue weighted by Gasteiger charge is 2.57. The minimum absolute atomic E-state index is 0.104. The molecule has 3 atom stereocenters. The Bertz CT molecular complexity index is 1250. The highest BCUT2D eigenvalue weighted by atomic mass is 19.4. The van der Waals surface area contributed by atoms with Gasteiger partial charge in [0.1, 0.15) is 17.9 Å². The largest absolute Gasteiger partial charge is 0.408 e. The summed E-state index contributed by atoms with van der Waals surface area (Å²) in [6.45, 7) is 0.387. The summed E-state index contributed by atoms with van der Waals surface area (Å²) < 4.78 is 42.2. The number of likely N-dealkylation sites (tertiary alicyclic amines) is 1. The molecule has 1 unspecified atom stereocenters. The average molecular weight is 544 g/mol. The van der Waals surface area contributed by atoms with Crippen molar-refractivity contribution in [2.45, 2.75) is 69.6 Å². The zero-order chi connectivity index (χ0) is 27.7. The summed E-state index contributed by atoms with van der Waals surface area (Å²) in [5.74, 6) is -2.61. The number of para-hydroxylation sites is 1. The first-order valence-electron chi connectivity index (χ1n) is 13.4. The van der Waals surface area contributed by atoms with E-state index in [1.165, 1.54) is 6.20 Å². The summed E-state index contributed by atoms with van der Waals surface area (Å²) in [5, 5.41) is 2.10. The third kappa shape index (κ3) is 5.44. The third-order valence-corrected chi connectivity index (χ3v) is 8.12. The lowest BCUT2D eigenvalue weighted by Crippen LogP contribution is -2.72. The Hall–Kier alpha value is -3.63. The zero-order valence-corrected chi connectivity index (χ0v) is 21.5. The van der Waals surface area contributed by atoms with Crippen molar-refractivity contribution in [2.75, 3.05) is 17.2 Å². The van der Waals surface area contributed by atoms with E-state index in [-0.39, 0.29) is 12.2 Å². The molecule has 0 bridgehead atoms. The van der Waals surface area contributed by atoms with Crippen LogP contribution in [0.1, 0.15) is 49.7 Å². The standard InChI is InChI=1S/C28H32F3N5O3/c29-28(30,31)24(19-8-2-1-3-9-19)34-27(39)36-23(20(25(36)37)15-17-12-13-33-22(32)16-17)26(38)35-14-6-10-18-7-4-5-11-21(18)35/h4-5,7,11-13,16,19-20,23-24H,1-3,6,8-10,14-15H2,(H2,32,33)(H,34,39)/t20?,23-,24-/m0/s1. The maximum Gasteiger partial charge on any atom is 0.408 e. The van der Waals surface area contributed by atoms with Crippen molar-refractivity contribution in [3.63, 3.8) is 0 Å². The van der Waals surface area contributed by atoms with Gasteiger partial charge in [-0.2, -0.15) is 13.2 Å². The Morgan fingerprint density at radius 1 is 1.10 bits per heavy atom. The number of urea groups is 1. The molecule has 2 fully saturated rings. The molecule has 0 radical (unpaired) electrons. The van der Waals surface area contributed by atoms with Crippen molar-refractivity contribution in [1.29, 1.82) is 0 Å². The fraction of sp³-hybridized carbons (Fsp3) is 0.500. The molecule has 1 aliphatic carbocycles. The molecule has 4 amide bonds. The van der Waals surface area contributed by atoms with E-state index in [1.807, 2.05) is 12.1 Å². The number of imide groups is 1. The molecular weight excluding hydrogens is 511 g/mol. The number of aryl methyl sites for hydroxylation is 1. The summed E-state index contributed by atoms with van der Waals surface area (Å²) in [7, 11) is 0. The third-order valence-electron chi connectivity index (χ3n) is 8.12. The van der Waals surface area contributed by atoms with Crippen LogP contribution in [0.3, 0.4) is 0 Å². The Labute approximate surface area is 224 Å². The van der Waals surface area contributed by atoms with E-state index in [2.05, 4.69) is 10.3 Å². The van der Waals surface area contributed by atoms with Crippen LogP contribution in [0.25, 0.3) is 0 Å². The number of benzene rings is 1. The van der Waals surface area contributed by atoms with Gasteiger partial charge in [0.25, 0.3) is 5.91 Å². The predicted octanol–water partition coefficient (Wildman–Crippen LogP) is 4.23. The Morgan fingerprint density at radius 3 is 2.56 bits per heavy atom. The minimum Gasteiger partial charge on any atom is -0.384 e. The van der Waals surface area contributed by atoms with E-state index < -0.39 is 47.9 Å². The second kappa shape index (κ2) is 10.9. The van der Waals surface area contributed by atoms with Gasteiger partial charge in [-0.15, -0.1) is 0 Å². The van der Waals surface area contributed by atoms with Crippen LogP contribution < -0.4 is 16.0 Å². The molecule has 39 heavy (non-hydrogen) atoms. The highest BCUT2D eigenvalue weighted by molar-refractivity contribution is 6.13. The smallest absolute Gasteiger partial charge is 0.384 e. The van der Waals surface area contributed by atoms with Crippen LogP contribution in [0.15, 0.2) is 42.6 Å². The van der Waals surface area contributed by atoms with E-state index in [1.54, 1.807) is 29.2 Å². The molecular formula is C28H32F3N5O3. The number of alkyl halides is 3. The van der Waals surface area contributed by atoms with E-state index in [4.69, 9.17) is 5.73 Å². The molecule has 3 aliphatic rings. The number of rotatable bonds is 5. The van der Waals surface area contributed by atoms with Gasteiger partial charge in [-0.1, -0.05) is 37.5 Å². The van der Waals surface area contributed by atoms with E-state index >= 15 is 0 Å². The molecule has 2 aromatic rings. The molecule has 2 aliphatic heterocycles. The highest BCUT2D eigenvalue weighted by Crippen LogP contribution is 2.38. The van der Waals surface area contributed by atoms with Gasteiger partial charge in [-0.25, -0.2) is 9.78 Å². The summed E-state index contributed by atoms with van der Waals surface area (Å²) >= 11 is 0. The number of hydrogen-bond acceptors (Lipinski definition) is 5. The number of carbonyl (C=O) groups is 3. The normalized spacial score (nSPS) is 22.6. The second-order valence-electron chi connectivity index (χ2n) is 10.6. The number of amides is 4. The van der Waals surface area contributed by atoms with Crippen molar-refractivity contribution in [3.05, 3.63) is 53.7 Å². The first-order valence-corrected chi connectivity index (χ1v) is 13.4. The first kappa shape index (κ1) is 27.0. The lowest BCUT2D eigenvalue weighted by molar-refractivity contribution is -0.170. The van der Waals surface area contributed by atoms with Crippen LogP contribution >= 0.6 is 0 Å². The van der Waals surface area contributed by atoms with Crippen LogP contribution in [-0.4, -0.2) is 52.5 Å². The Kier molecular flexibility index (Phi) is 7.51. The van der Waals surface area contributed by atoms with Crippen molar-refractivity contribution in [2.24, 2.45) is 11.8 Å². The van der Waals surface area contributed by atoms with Crippen LogP contribution in [0.2, 0.25) is 0 Å². The van der Waals surface area contributed by atoms with Crippen LogP contribution in [0, 0.1) is 11.8 Å². The predicted molar refractivity (Wildman–Crippen MR) is 139 cm³/mol. The number of nitrogen functional groups attached to an aromatic ring is 1. The van der Waals surface area contributed by atoms with Crippen LogP contribution in [0.4, 0.5) is 29.5 Å². The number of anilines is 2. The fourth-order valence-electron chi connectivity index (χ4n) is 6.19. The number of nitrogens with two attached hydrogens (primary N) is 1. The number of β-lactam (4-membered cyclic amide) rings is 1. The number of nitrogens with one attached hydrogen (secondary N) is 1. The number of hydrogen-bond donors (Lipinski definition) is 2. The second-order valence-corrected chi connectivity index (χ2v) is 10.6. The van der Waals surface area contributed by atoms with E-state index in [0.717, 1.165) is 18.4 Å². The monoisotopic (exact) mass is 543 g/mol. The van der Waals surface area contributed by atoms with Gasteiger partial charge in [-0.05, 0) is 67.3 Å². The van der Waals surface area contributed by atoms with Gasteiger partial charge in [0, 0.05) is 18.4 Å². The quantitative estimate of drug-likeness (QED) is 0.549. The minimum atomic E-state index is -4.68. The van der Waals surface area contributed by atoms with Gasteiger partial charge in [0.05, 0.1) is 5.92 Å². The number of fused-ring (bicyclic) bond motifs is 1. The molecule has 11 heteroatoms. The summed E-state index contributed by atoms with van der Waals surface area (Å²) in [5.41, 5.74) is 8.08. The molecule has 1 aromatic heterocycles. The van der Waals surface area contributed by atoms with Gasteiger partial charge in [-0.3, -0.25) is 14.5 Å². The van der Waals surface area contributed by atoms with Crippen molar-refractivity contribution >= 4 is 29.4 Å². The maximum atomic E-state index is 14.1. The van der Waals surface area contributed by atoms with E-state index in [9.17, 15) is 27.6 Å². The lowest BCUT2D eigenvalue weighted by Gasteiger charge is -2.47. The lowest BCUT2D eigenvalue weighted by atomic mass is 9.81. The molecule has 3 N–H and O–H groups in total. The van der Waals surface area contributed by atoms with Crippen molar-refractivity contribution < 1.29 is 27.6 Å². The molecule has 1 saturated heterocycles. The number of pyridine rings is 1. The van der Waals surface area contributed by atoms with Crippen molar-refractivity contribution in [1.82, 2.24) is 15.2 Å². The molecule has 8 nitrogen and oxygen atoms in total. The molecule has 5 rings (SSSR count). The van der Waals surface area contributed by atoms with Crippen molar-refractivity contribution in [3.8, 4) is 0 Å². The number of nitrogens with zero attached hydrogens (tertiary/aromatic N) is 3. The molecule has 208 valence electrons. The molecule has 0 spiro atoms. The number of carbonyl (C=O) groups excluding carboxylic acids is 3. The SMILES string of the molecule is Nc1cc(CC2C(=O)N(C(=O)N[C@@H](C3CCCCC3)C(F)(F)F)[C@@H]2C(=O)N2CCCc3ccccc32)ccn1. The Balaban J connectivity index is 1.43. The topological polar surface area (TPSA) is 109 Å². The van der Waals surface area contributed by atoms with Gasteiger partial charge in [0.2, 0.25) is 5.91 Å².